The van der Waals surface area contributed by atoms with E-state index in [2.05, 4.69) is 35.2 Å². The van der Waals surface area contributed by atoms with Crippen LogP contribution < -0.4 is 11.3 Å². The maximum Gasteiger partial charge on any atom is 0.0653 e. The largest absolute Gasteiger partial charge is 0.302 e. The van der Waals surface area contributed by atoms with E-state index in [0.717, 1.165) is 11.3 Å². The molecule has 90 valence electrons. The lowest BCUT2D eigenvalue weighted by Crippen LogP contribution is -2.51. The van der Waals surface area contributed by atoms with Gasteiger partial charge in [0.2, 0.25) is 0 Å². The van der Waals surface area contributed by atoms with Crippen molar-refractivity contribution in [2.45, 2.75) is 32.4 Å². The summed E-state index contributed by atoms with van der Waals surface area (Å²) in [5.41, 5.74) is 4.92. The van der Waals surface area contributed by atoms with Crippen LogP contribution >= 0.6 is 0 Å². The Kier molecular flexibility index (Phi) is 4.02. The van der Waals surface area contributed by atoms with Gasteiger partial charge in [-0.3, -0.25) is 16.3 Å². The van der Waals surface area contributed by atoms with E-state index >= 15 is 0 Å². The maximum atomic E-state index is 5.66. The second kappa shape index (κ2) is 4.91. The fourth-order valence-corrected chi connectivity index (χ4v) is 1.62. The highest BCUT2D eigenvalue weighted by atomic mass is 15.3. The first-order valence-corrected chi connectivity index (χ1v) is 5.45. The molecule has 0 saturated carbocycles. The summed E-state index contributed by atoms with van der Waals surface area (Å²) in [7, 11) is 4.10. The van der Waals surface area contributed by atoms with Gasteiger partial charge < -0.3 is 4.90 Å². The van der Waals surface area contributed by atoms with Crippen LogP contribution in [0.4, 0.5) is 0 Å². The first kappa shape index (κ1) is 13.1. The van der Waals surface area contributed by atoms with Crippen molar-refractivity contribution < 1.29 is 0 Å². The zero-order valence-electron chi connectivity index (χ0n) is 10.8. The Morgan fingerprint density at radius 1 is 1.38 bits per heavy atom. The molecule has 0 radical (unpaired) electrons. The molecule has 0 fully saturated rings. The van der Waals surface area contributed by atoms with Crippen LogP contribution in [-0.4, -0.2) is 29.5 Å². The van der Waals surface area contributed by atoms with Crippen LogP contribution in [-0.2, 0) is 0 Å². The number of hydrogen-bond acceptors (Lipinski definition) is 4. The summed E-state index contributed by atoms with van der Waals surface area (Å²) in [6.45, 7) is 6.28. The Balaban J connectivity index is 3.03. The van der Waals surface area contributed by atoms with Gasteiger partial charge in [-0.05, 0) is 46.5 Å². The molecule has 4 heteroatoms. The first-order valence-electron chi connectivity index (χ1n) is 5.45. The van der Waals surface area contributed by atoms with Gasteiger partial charge in [0.25, 0.3) is 0 Å². The Labute approximate surface area is 97.8 Å². The monoisotopic (exact) mass is 222 g/mol. The van der Waals surface area contributed by atoms with Gasteiger partial charge in [0, 0.05) is 17.4 Å². The lowest BCUT2D eigenvalue weighted by atomic mass is 9.89. The van der Waals surface area contributed by atoms with Crippen molar-refractivity contribution >= 4 is 0 Å². The Morgan fingerprint density at radius 2 is 2.00 bits per heavy atom. The number of aromatic nitrogens is 1. The molecule has 1 aromatic rings. The summed E-state index contributed by atoms with van der Waals surface area (Å²) in [6.07, 6.45) is 1.88. The molecule has 0 spiro atoms. The molecule has 0 aliphatic heterocycles. The van der Waals surface area contributed by atoms with Crippen LogP contribution in [0.2, 0.25) is 0 Å². The molecule has 1 rings (SSSR count). The van der Waals surface area contributed by atoms with Crippen LogP contribution in [0.3, 0.4) is 0 Å². The zero-order chi connectivity index (χ0) is 12.3. The van der Waals surface area contributed by atoms with E-state index < -0.39 is 0 Å². The Bertz CT molecular complexity index is 329. The molecule has 1 aromatic heterocycles. The summed E-state index contributed by atoms with van der Waals surface area (Å²) >= 11 is 0. The molecule has 1 heterocycles. The highest BCUT2D eigenvalue weighted by molar-refractivity contribution is 5.20. The quantitative estimate of drug-likeness (QED) is 0.594. The van der Waals surface area contributed by atoms with Crippen molar-refractivity contribution in [3.8, 4) is 0 Å². The van der Waals surface area contributed by atoms with Crippen LogP contribution in [0.1, 0.15) is 31.1 Å². The molecule has 4 nitrogen and oxygen atoms in total. The normalized spacial score (nSPS) is 14.2. The third-order valence-corrected chi connectivity index (χ3v) is 3.29. The molecule has 0 aliphatic rings. The molecule has 0 saturated heterocycles. The van der Waals surface area contributed by atoms with Crippen LogP contribution in [0.15, 0.2) is 18.3 Å². The van der Waals surface area contributed by atoms with E-state index in [4.69, 9.17) is 5.84 Å². The highest BCUT2D eigenvalue weighted by Crippen LogP contribution is 2.28. The minimum Gasteiger partial charge on any atom is -0.302 e. The van der Waals surface area contributed by atoms with Crippen molar-refractivity contribution in [1.29, 1.82) is 0 Å². The molecule has 1 atom stereocenters. The molecule has 0 bridgehead atoms. The van der Waals surface area contributed by atoms with Gasteiger partial charge >= 0.3 is 0 Å². The predicted octanol–water partition coefficient (Wildman–Crippen LogP) is 1.23. The zero-order valence-corrected chi connectivity index (χ0v) is 10.8. The number of nitrogens with one attached hydrogen (secondary N) is 1. The third-order valence-electron chi connectivity index (χ3n) is 3.29. The molecular formula is C12H22N4. The topological polar surface area (TPSA) is 54.2 Å². The van der Waals surface area contributed by atoms with Crippen molar-refractivity contribution in [2.75, 3.05) is 14.1 Å². The number of nitrogens with zero attached hydrogens (tertiary/aromatic N) is 2. The smallest absolute Gasteiger partial charge is 0.0653 e. The van der Waals surface area contributed by atoms with Crippen molar-refractivity contribution in [3.63, 3.8) is 0 Å². The van der Waals surface area contributed by atoms with Crippen LogP contribution in [0.5, 0.6) is 0 Å². The SMILES string of the molecule is Cc1ccc(C(NN)C(C)(C)N(C)C)cn1. The fraction of sp³-hybridized carbons (Fsp3) is 0.583. The van der Waals surface area contributed by atoms with E-state index in [1.807, 2.05) is 33.3 Å². The van der Waals surface area contributed by atoms with Gasteiger partial charge in [0.05, 0.1) is 6.04 Å². The molecule has 0 aromatic carbocycles. The maximum absolute atomic E-state index is 5.66. The summed E-state index contributed by atoms with van der Waals surface area (Å²) in [5, 5.41) is 0. The number of rotatable bonds is 4. The molecule has 16 heavy (non-hydrogen) atoms. The van der Waals surface area contributed by atoms with E-state index in [1.54, 1.807) is 0 Å². The van der Waals surface area contributed by atoms with Gasteiger partial charge in [0.15, 0.2) is 0 Å². The first-order chi connectivity index (χ1) is 7.39. The van der Waals surface area contributed by atoms with E-state index in [-0.39, 0.29) is 11.6 Å². The molecular weight excluding hydrogens is 200 g/mol. The third kappa shape index (κ3) is 2.58. The van der Waals surface area contributed by atoms with Crippen molar-refractivity contribution in [2.24, 2.45) is 5.84 Å². The highest BCUT2D eigenvalue weighted by Gasteiger charge is 2.32. The van der Waals surface area contributed by atoms with Gasteiger partial charge in [-0.2, -0.15) is 0 Å². The Hall–Kier alpha value is -0.970. The lowest BCUT2D eigenvalue weighted by molar-refractivity contribution is 0.138. The summed E-state index contributed by atoms with van der Waals surface area (Å²) in [4.78, 5) is 6.46. The van der Waals surface area contributed by atoms with Crippen LogP contribution in [0, 0.1) is 6.92 Å². The van der Waals surface area contributed by atoms with Gasteiger partial charge in [-0.1, -0.05) is 6.07 Å². The molecule has 0 aliphatic carbocycles. The molecule has 0 amide bonds. The van der Waals surface area contributed by atoms with Gasteiger partial charge in [0.1, 0.15) is 0 Å². The van der Waals surface area contributed by atoms with E-state index in [1.165, 1.54) is 0 Å². The average molecular weight is 222 g/mol. The number of hydrogen-bond donors (Lipinski definition) is 2. The van der Waals surface area contributed by atoms with Gasteiger partial charge in [-0.15, -0.1) is 0 Å². The number of pyridine rings is 1. The lowest BCUT2D eigenvalue weighted by Gasteiger charge is -2.39. The summed E-state index contributed by atoms with van der Waals surface area (Å²) in [6, 6.07) is 4.12. The molecule has 3 N–H and O–H groups in total. The number of likely N-dealkylation sites (N-methyl/N-ethyl adjacent to an activating group) is 1. The van der Waals surface area contributed by atoms with E-state index in [0.29, 0.717) is 0 Å². The predicted molar refractivity (Wildman–Crippen MR) is 66.8 cm³/mol. The summed E-state index contributed by atoms with van der Waals surface area (Å²) < 4.78 is 0. The minimum absolute atomic E-state index is 0.0515. The second-order valence-corrected chi connectivity index (χ2v) is 4.88. The standard InChI is InChI=1S/C12H22N4/c1-9-6-7-10(8-14-9)11(15-13)12(2,3)16(4)5/h6-8,11,15H,13H2,1-5H3. The second-order valence-electron chi connectivity index (χ2n) is 4.88. The number of aryl methyl sites for hydroxylation is 1. The fourth-order valence-electron chi connectivity index (χ4n) is 1.62. The average Bonchev–Trinajstić information content (AvgIpc) is 2.21. The summed E-state index contributed by atoms with van der Waals surface area (Å²) in [5.74, 6) is 5.66. The van der Waals surface area contributed by atoms with E-state index in [9.17, 15) is 0 Å². The van der Waals surface area contributed by atoms with Crippen molar-refractivity contribution in [1.82, 2.24) is 15.3 Å². The minimum atomic E-state index is -0.0777. The van der Waals surface area contributed by atoms with Crippen molar-refractivity contribution in [3.05, 3.63) is 29.6 Å². The number of hydrazine groups is 1. The van der Waals surface area contributed by atoms with Crippen LogP contribution in [0.25, 0.3) is 0 Å². The van der Waals surface area contributed by atoms with Gasteiger partial charge in [-0.25, -0.2) is 0 Å². The Morgan fingerprint density at radius 3 is 2.38 bits per heavy atom. The number of nitrogens with two attached hydrogens (primary N) is 1. The molecule has 1 unspecified atom stereocenters.